The fourth-order valence-electron chi connectivity index (χ4n) is 2.92. The van der Waals surface area contributed by atoms with Crippen molar-refractivity contribution in [2.45, 2.75) is 12.8 Å². The molecule has 0 unspecified atom stereocenters. The Kier molecular flexibility index (Phi) is 6.17. The molecule has 0 aliphatic carbocycles. The Morgan fingerprint density at radius 3 is 2.88 bits per heavy atom. The van der Waals surface area contributed by atoms with Crippen LogP contribution in [0.15, 0.2) is 47.3 Å². The smallest absolute Gasteiger partial charge is 0.243 e. The summed E-state index contributed by atoms with van der Waals surface area (Å²) >= 11 is 3.38. The van der Waals surface area contributed by atoms with Crippen LogP contribution in [0.25, 0.3) is 0 Å². The number of carbonyl (C=O) groups is 2. The highest BCUT2D eigenvalue weighted by Gasteiger charge is 2.26. The Morgan fingerprint density at radius 2 is 2.12 bits per heavy atom. The van der Waals surface area contributed by atoms with E-state index in [1.165, 1.54) is 0 Å². The van der Waals surface area contributed by atoms with Gasteiger partial charge in [0.2, 0.25) is 11.8 Å². The monoisotopic (exact) mass is 417 g/mol. The quantitative estimate of drug-likeness (QED) is 0.778. The second kappa shape index (κ2) is 8.75. The van der Waals surface area contributed by atoms with Gasteiger partial charge in [-0.15, -0.1) is 0 Å². The van der Waals surface area contributed by atoms with Gasteiger partial charge in [-0.1, -0.05) is 12.1 Å². The molecule has 2 amide bonds. The molecule has 136 valence electrons. The first-order chi connectivity index (χ1) is 12.6. The van der Waals surface area contributed by atoms with Gasteiger partial charge in [-0.05, 0) is 40.9 Å². The Labute approximate surface area is 160 Å². The van der Waals surface area contributed by atoms with Crippen LogP contribution in [0.3, 0.4) is 0 Å². The largest absolute Gasteiger partial charge is 0.355 e. The summed E-state index contributed by atoms with van der Waals surface area (Å²) < 4.78 is 0.798. The Balaban J connectivity index is 1.50. The van der Waals surface area contributed by atoms with Crippen molar-refractivity contribution in [2.75, 3.05) is 29.9 Å². The van der Waals surface area contributed by atoms with Crippen LogP contribution in [0.1, 0.15) is 12.8 Å². The summed E-state index contributed by atoms with van der Waals surface area (Å²) in [6, 6.07) is 7.34. The van der Waals surface area contributed by atoms with Gasteiger partial charge in [0.1, 0.15) is 5.82 Å². The number of halogens is 1. The topological polar surface area (TPSA) is 87.2 Å². The molecule has 7 nitrogen and oxygen atoms in total. The molecule has 1 atom stereocenters. The Hall–Kier alpha value is -2.48. The molecule has 0 radical (unpaired) electrons. The average molecular weight is 418 g/mol. The van der Waals surface area contributed by atoms with E-state index in [0.29, 0.717) is 12.2 Å². The maximum atomic E-state index is 12.4. The lowest BCUT2D eigenvalue weighted by Crippen LogP contribution is -2.45. The molecule has 1 aliphatic heterocycles. The third kappa shape index (κ3) is 4.78. The fraction of sp³-hybridized carbons (Fsp3) is 0.333. The minimum absolute atomic E-state index is 0.0538. The lowest BCUT2D eigenvalue weighted by atomic mass is 9.97. The van der Waals surface area contributed by atoms with E-state index in [0.717, 1.165) is 29.7 Å². The molecule has 8 heteroatoms. The van der Waals surface area contributed by atoms with Gasteiger partial charge in [0, 0.05) is 30.0 Å². The number of anilines is 2. The third-order valence-corrected chi connectivity index (χ3v) is 4.93. The maximum absolute atomic E-state index is 12.4. The molecule has 2 heterocycles. The van der Waals surface area contributed by atoms with Gasteiger partial charge >= 0.3 is 0 Å². The second-order valence-electron chi connectivity index (χ2n) is 6.09. The second-order valence-corrected chi connectivity index (χ2v) is 6.95. The van der Waals surface area contributed by atoms with Gasteiger partial charge in [0.05, 0.1) is 24.3 Å². The molecule has 1 aliphatic rings. The number of aromatic nitrogens is 2. The molecule has 0 saturated carbocycles. The Bertz CT molecular complexity index is 771. The number of nitrogens with zero attached hydrogens (tertiary/aromatic N) is 3. The number of amides is 2. The molecule has 0 spiro atoms. The van der Waals surface area contributed by atoms with E-state index in [9.17, 15) is 9.59 Å². The molecule has 26 heavy (non-hydrogen) atoms. The van der Waals surface area contributed by atoms with Crippen molar-refractivity contribution in [1.29, 1.82) is 0 Å². The van der Waals surface area contributed by atoms with Crippen LogP contribution in [0, 0.1) is 5.92 Å². The standard InChI is InChI=1S/C18H20BrN5O2/c19-14-5-1-2-6-15(14)23-17(25)11-22-18(26)13-4-3-9-24(12-13)16-10-20-7-8-21-16/h1-2,5-8,10,13H,3-4,9,11-12H2,(H,22,26)(H,23,25)/t13-/m1/s1. The van der Waals surface area contributed by atoms with E-state index < -0.39 is 0 Å². The summed E-state index contributed by atoms with van der Waals surface area (Å²) in [6.45, 7) is 1.38. The molecule has 1 fully saturated rings. The minimum Gasteiger partial charge on any atom is -0.355 e. The van der Waals surface area contributed by atoms with Gasteiger partial charge in [0.15, 0.2) is 0 Å². The number of rotatable bonds is 5. The van der Waals surface area contributed by atoms with Crippen LogP contribution in [-0.4, -0.2) is 41.4 Å². The van der Waals surface area contributed by atoms with Crippen LogP contribution < -0.4 is 15.5 Å². The lowest BCUT2D eigenvalue weighted by molar-refractivity contribution is -0.127. The van der Waals surface area contributed by atoms with Crippen molar-refractivity contribution >= 4 is 39.2 Å². The van der Waals surface area contributed by atoms with Crippen LogP contribution >= 0.6 is 15.9 Å². The highest BCUT2D eigenvalue weighted by Crippen LogP contribution is 2.22. The number of piperidine rings is 1. The van der Waals surface area contributed by atoms with Crippen molar-refractivity contribution in [3.8, 4) is 0 Å². The first kappa shape index (κ1) is 18.3. The number of nitrogens with one attached hydrogen (secondary N) is 2. The van der Waals surface area contributed by atoms with Gasteiger partial charge in [-0.3, -0.25) is 14.6 Å². The first-order valence-electron chi connectivity index (χ1n) is 8.46. The molecular formula is C18H20BrN5O2. The van der Waals surface area contributed by atoms with E-state index in [1.54, 1.807) is 24.7 Å². The summed E-state index contributed by atoms with van der Waals surface area (Å²) in [7, 11) is 0. The van der Waals surface area contributed by atoms with Crippen LogP contribution in [0.4, 0.5) is 11.5 Å². The Morgan fingerprint density at radius 1 is 1.27 bits per heavy atom. The highest BCUT2D eigenvalue weighted by molar-refractivity contribution is 9.10. The van der Waals surface area contributed by atoms with Crippen LogP contribution in [-0.2, 0) is 9.59 Å². The van der Waals surface area contributed by atoms with E-state index in [4.69, 9.17) is 0 Å². The van der Waals surface area contributed by atoms with Crippen molar-refractivity contribution in [3.63, 3.8) is 0 Å². The third-order valence-electron chi connectivity index (χ3n) is 4.24. The molecular weight excluding hydrogens is 398 g/mol. The molecule has 1 aromatic carbocycles. The van der Waals surface area contributed by atoms with Crippen molar-refractivity contribution in [3.05, 3.63) is 47.3 Å². The van der Waals surface area contributed by atoms with E-state index >= 15 is 0 Å². The number of hydrogen-bond donors (Lipinski definition) is 2. The summed E-state index contributed by atoms with van der Waals surface area (Å²) in [5.74, 6) is 0.242. The molecule has 2 N–H and O–H groups in total. The zero-order valence-electron chi connectivity index (χ0n) is 14.2. The zero-order valence-corrected chi connectivity index (χ0v) is 15.8. The van der Waals surface area contributed by atoms with Gasteiger partial charge in [-0.2, -0.15) is 0 Å². The number of hydrogen-bond acceptors (Lipinski definition) is 5. The van der Waals surface area contributed by atoms with Crippen molar-refractivity contribution in [2.24, 2.45) is 5.92 Å². The van der Waals surface area contributed by atoms with Crippen molar-refractivity contribution in [1.82, 2.24) is 15.3 Å². The van der Waals surface area contributed by atoms with E-state index in [1.807, 2.05) is 18.2 Å². The predicted molar refractivity (Wildman–Crippen MR) is 103 cm³/mol. The van der Waals surface area contributed by atoms with E-state index in [-0.39, 0.29) is 24.3 Å². The fourth-order valence-corrected chi connectivity index (χ4v) is 3.31. The van der Waals surface area contributed by atoms with E-state index in [2.05, 4.69) is 41.4 Å². The number of benzene rings is 1. The molecule has 3 rings (SSSR count). The van der Waals surface area contributed by atoms with Crippen LogP contribution in [0.5, 0.6) is 0 Å². The molecule has 0 bridgehead atoms. The first-order valence-corrected chi connectivity index (χ1v) is 9.26. The molecule has 2 aromatic rings. The minimum atomic E-state index is -0.258. The molecule has 1 saturated heterocycles. The summed E-state index contributed by atoms with van der Waals surface area (Å²) in [6.07, 6.45) is 6.67. The van der Waals surface area contributed by atoms with Crippen molar-refractivity contribution < 1.29 is 9.59 Å². The van der Waals surface area contributed by atoms with Gasteiger partial charge < -0.3 is 15.5 Å². The number of para-hydroxylation sites is 1. The summed E-state index contributed by atoms with van der Waals surface area (Å²) in [4.78, 5) is 34.9. The summed E-state index contributed by atoms with van der Waals surface area (Å²) in [5, 5.41) is 5.51. The highest BCUT2D eigenvalue weighted by atomic mass is 79.9. The molecule has 1 aromatic heterocycles. The summed E-state index contributed by atoms with van der Waals surface area (Å²) in [5.41, 5.74) is 0.679. The normalized spacial score (nSPS) is 16.8. The van der Waals surface area contributed by atoms with Gasteiger partial charge in [0.25, 0.3) is 0 Å². The predicted octanol–water partition coefficient (Wildman–Crippen LogP) is 2.21. The van der Waals surface area contributed by atoms with Crippen LogP contribution in [0.2, 0.25) is 0 Å². The average Bonchev–Trinajstić information content (AvgIpc) is 2.69. The van der Waals surface area contributed by atoms with Gasteiger partial charge in [-0.25, -0.2) is 4.98 Å². The zero-order chi connectivity index (χ0) is 18.4. The maximum Gasteiger partial charge on any atom is 0.243 e. The number of carbonyl (C=O) groups excluding carboxylic acids is 2. The SMILES string of the molecule is O=C(CNC(=O)[C@@H]1CCCN(c2cnccn2)C1)Nc1ccccc1Br. The lowest BCUT2D eigenvalue weighted by Gasteiger charge is -2.32.